The molecule has 1 fully saturated rings. The normalized spacial score (nSPS) is 20.2. The van der Waals surface area contributed by atoms with Gasteiger partial charge in [0, 0.05) is 11.1 Å². The van der Waals surface area contributed by atoms with E-state index >= 15 is 0 Å². The van der Waals surface area contributed by atoms with Crippen LogP contribution < -0.4 is 10.6 Å². The summed E-state index contributed by atoms with van der Waals surface area (Å²) in [6, 6.07) is -0.970. The Kier molecular flexibility index (Phi) is 6.73. The molecule has 31 heavy (non-hydrogen) atoms. The molecule has 2 aliphatic rings. The molecule has 2 atom stereocenters. The first-order valence-electron chi connectivity index (χ1n) is 8.56. The number of thioether (sulfide) groups is 1. The number of carbonyl (C=O) groups is 4. The summed E-state index contributed by atoms with van der Waals surface area (Å²) < 4.78 is 0. The molecule has 160 valence electrons. The number of nitrogens with zero attached hydrogens (tertiary/aromatic N) is 3. The van der Waals surface area contributed by atoms with Crippen LogP contribution in [0.3, 0.4) is 0 Å². The molecule has 0 bridgehead atoms. The summed E-state index contributed by atoms with van der Waals surface area (Å²) in [6.45, 7) is 3.38. The van der Waals surface area contributed by atoms with E-state index in [1.165, 1.54) is 23.2 Å². The van der Waals surface area contributed by atoms with E-state index in [4.69, 9.17) is 11.3 Å². The zero-order chi connectivity index (χ0) is 22.5. The molecule has 0 aliphatic carbocycles. The van der Waals surface area contributed by atoms with Gasteiger partial charge in [-0.3, -0.25) is 19.3 Å². The molecular formula is C18H15N5O6S2. The molecule has 0 radical (unpaired) electrons. The first-order valence-corrected chi connectivity index (χ1v) is 10.5. The third-order valence-corrected chi connectivity index (χ3v) is 6.26. The minimum absolute atomic E-state index is 0.101. The number of terminal acetylenes is 1. The number of nitrogens with one attached hydrogen (secondary N) is 2. The molecule has 1 aromatic heterocycles. The highest BCUT2D eigenvalue weighted by Gasteiger charge is 2.54. The minimum atomic E-state index is -1.25. The van der Waals surface area contributed by atoms with Crippen LogP contribution in [-0.4, -0.2) is 68.7 Å². The molecular weight excluding hydrogens is 446 g/mol. The number of carboxylic acids is 1. The monoisotopic (exact) mass is 461 g/mol. The summed E-state index contributed by atoms with van der Waals surface area (Å²) in [5.74, 6) is -0.0693. The average molecular weight is 461 g/mol. The number of carbonyl (C=O) groups excluding carboxylic acids is 3. The summed E-state index contributed by atoms with van der Waals surface area (Å²) in [4.78, 5) is 57.7. The van der Waals surface area contributed by atoms with Crippen LogP contribution in [-0.2, 0) is 24.0 Å². The number of fused-ring (bicyclic) bond motifs is 1. The van der Waals surface area contributed by atoms with E-state index in [2.05, 4.69) is 33.3 Å². The average Bonchev–Trinajstić information content (AvgIpc) is 3.22. The van der Waals surface area contributed by atoms with Gasteiger partial charge in [0.05, 0.1) is 0 Å². The quantitative estimate of drug-likeness (QED) is 0.116. The van der Waals surface area contributed by atoms with Gasteiger partial charge in [-0.2, -0.15) is 0 Å². The fraction of sp³-hybridized carbons (Fsp3) is 0.222. The highest BCUT2D eigenvalue weighted by Crippen LogP contribution is 2.40. The minimum Gasteiger partial charge on any atom is -0.477 e. The fourth-order valence-electron chi connectivity index (χ4n) is 2.85. The molecule has 1 unspecified atom stereocenters. The Morgan fingerprint density at radius 3 is 2.97 bits per heavy atom. The molecule has 0 aromatic carbocycles. The van der Waals surface area contributed by atoms with Crippen molar-refractivity contribution in [1.82, 2.24) is 15.2 Å². The van der Waals surface area contributed by atoms with Crippen molar-refractivity contribution in [3.05, 3.63) is 35.0 Å². The Bertz CT molecular complexity index is 1060. The Morgan fingerprint density at radius 2 is 2.32 bits per heavy atom. The Morgan fingerprint density at radius 1 is 1.55 bits per heavy atom. The van der Waals surface area contributed by atoms with E-state index in [-0.39, 0.29) is 28.8 Å². The number of β-lactam (4-membered cyclic amide) rings is 1. The number of oxime groups is 1. The molecule has 13 heteroatoms. The van der Waals surface area contributed by atoms with Crippen LogP contribution in [0.5, 0.6) is 0 Å². The first-order chi connectivity index (χ1) is 14.9. The standard InChI is InChI=1S/C18H15N5O6S2/c1-3-5-29-22-11(10-7-31-18(20-10)19-8-24)14(25)21-12-15(26)23-13(17(27)28)9(4-2)6-30-16(12)23/h1,4,7-8,12,16H,2,5-6H2,(H,21,25)(H,27,28)(H,19,20,24)/t12?,16-/m0/s1. The van der Waals surface area contributed by atoms with E-state index in [1.54, 1.807) is 0 Å². The molecule has 0 saturated carbocycles. The Balaban J connectivity index is 1.80. The second-order valence-corrected chi connectivity index (χ2v) is 7.92. The number of allylic oxidation sites excluding steroid dienone is 1. The number of carboxylic acid groups (broad SMARTS) is 1. The maximum atomic E-state index is 12.8. The zero-order valence-corrected chi connectivity index (χ0v) is 17.4. The molecule has 3 amide bonds. The van der Waals surface area contributed by atoms with Crippen LogP contribution in [0.4, 0.5) is 5.13 Å². The number of rotatable bonds is 9. The number of anilines is 1. The Labute approximate surface area is 184 Å². The summed E-state index contributed by atoms with van der Waals surface area (Å²) in [5, 5.41) is 19.2. The van der Waals surface area contributed by atoms with Gasteiger partial charge in [0.2, 0.25) is 6.41 Å². The lowest BCUT2D eigenvalue weighted by Crippen LogP contribution is -2.71. The number of aromatic nitrogens is 1. The zero-order valence-electron chi connectivity index (χ0n) is 15.7. The number of aliphatic carboxylic acids is 1. The van der Waals surface area contributed by atoms with Gasteiger partial charge in [-0.05, 0) is 5.57 Å². The van der Waals surface area contributed by atoms with Crippen molar-refractivity contribution < 1.29 is 29.1 Å². The van der Waals surface area contributed by atoms with E-state index in [0.29, 0.717) is 17.7 Å². The molecule has 11 nitrogen and oxygen atoms in total. The highest BCUT2D eigenvalue weighted by molar-refractivity contribution is 8.00. The van der Waals surface area contributed by atoms with Gasteiger partial charge in [-0.1, -0.05) is 23.7 Å². The number of thiazole rings is 1. The highest BCUT2D eigenvalue weighted by atomic mass is 32.2. The van der Waals surface area contributed by atoms with Gasteiger partial charge in [0.1, 0.15) is 22.8 Å². The van der Waals surface area contributed by atoms with Crippen LogP contribution in [0.1, 0.15) is 5.69 Å². The van der Waals surface area contributed by atoms with E-state index in [1.807, 2.05) is 0 Å². The summed E-state index contributed by atoms with van der Waals surface area (Å²) in [5.41, 5.74) is 0.126. The molecule has 1 aromatic rings. The number of hydrogen-bond donors (Lipinski definition) is 3. The summed E-state index contributed by atoms with van der Waals surface area (Å²) in [6.07, 6.45) is 6.94. The molecule has 3 rings (SSSR count). The third kappa shape index (κ3) is 4.30. The third-order valence-electron chi connectivity index (χ3n) is 4.18. The van der Waals surface area contributed by atoms with Crippen LogP contribution in [0, 0.1) is 12.3 Å². The van der Waals surface area contributed by atoms with Crippen molar-refractivity contribution in [3.63, 3.8) is 0 Å². The molecule has 2 aliphatic heterocycles. The maximum Gasteiger partial charge on any atom is 0.352 e. The van der Waals surface area contributed by atoms with Crippen molar-refractivity contribution in [2.24, 2.45) is 5.16 Å². The van der Waals surface area contributed by atoms with Crippen LogP contribution >= 0.6 is 23.1 Å². The van der Waals surface area contributed by atoms with E-state index in [0.717, 1.165) is 16.2 Å². The van der Waals surface area contributed by atoms with Crippen molar-refractivity contribution in [2.75, 3.05) is 17.7 Å². The van der Waals surface area contributed by atoms with Crippen molar-refractivity contribution in [2.45, 2.75) is 11.4 Å². The second kappa shape index (κ2) is 9.45. The lowest BCUT2D eigenvalue weighted by atomic mass is 10.0. The molecule has 0 spiro atoms. The van der Waals surface area contributed by atoms with Crippen molar-refractivity contribution in [1.29, 1.82) is 0 Å². The van der Waals surface area contributed by atoms with E-state index in [9.17, 15) is 24.3 Å². The van der Waals surface area contributed by atoms with Crippen molar-refractivity contribution >= 4 is 58.1 Å². The summed E-state index contributed by atoms with van der Waals surface area (Å²) >= 11 is 2.35. The predicted molar refractivity (Wildman–Crippen MR) is 113 cm³/mol. The SMILES string of the molecule is C#CCON=C(C(=O)NC1C(=O)N2C(C(=O)O)=C(C=C)CS[C@@H]12)c1csc(NC=O)n1. The van der Waals surface area contributed by atoms with Crippen LogP contribution in [0.2, 0.25) is 0 Å². The van der Waals surface area contributed by atoms with E-state index < -0.39 is 29.2 Å². The molecule has 3 heterocycles. The van der Waals surface area contributed by atoms with Gasteiger partial charge in [0.15, 0.2) is 17.5 Å². The lowest BCUT2D eigenvalue weighted by molar-refractivity contribution is -0.150. The lowest BCUT2D eigenvalue weighted by Gasteiger charge is -2.49. The summed E-state index contributed by atoms with van der Waals surface area (Å²) in [7, 11) is 0. The number of amides is 3. The number of hydrogen-bond acceptors (Lipinski definition) is 9. The Hall–Kier alpha value is -3.63. The first kappa shape index (κ1) is 22.1. The molecule has 3 N–H and O–H groups in total. The van der Waals surface area contributed by atoms with Gasteiger partial charge in [-0.25, -0.2) is 9.78 Å². The van der Waals surface area contributed by atoms with Crippen LogP contribution in [0.15, 0.2) is 34.5 Å². The van der Waals surface area contributed by atoms with Gasteiger partial charge in [-0.15, -0.1) is 29.5 Å². The maximum absolute atomic E-state index is 12.8. The van der Waals surface area contributed by atoms with Crippen molar-refractivity contribution in [3.8, 4) is 12.3 Å². The van der Waals surface area contributed by atoms with Gasteiger partial charge in [0.25, 0.3) is 11.8 Å². The predicted octanol–water partition coefficient (Wildman–Crippen LogP) is -0.0101. The molecule has 1 saturated heterocycles. The largest absolute Gasteiger partial charge is 0.477 e. The van der Waals surface area contributed by atoms with Gasteiger partial charge >= 0.3 is 5.97 Å². The van der Waals surface area contributed by atoms with Gasteiger partial charge < -0.3 is 20.6 Å². The second-order valence-electron chi connectivity index (χ2n) is 5.96. The smallest absolute Gasteiger partial charge is 0.352 e. The van der Waals surface area contributed by atoms with Crippen LogP contribution in [0.25, 0.3) is 0 Å². The topological polar surface area (TPSA) is 150 Å². The fourth-order valence-corrected chi connectivity index (χ4v) is 4.84.